The fourth-order valence-corrected chi connectivity index (χ4v) is 2.42. The Morgan fingerprint density at radius 1 is 1.59 bits per heavy atom. The van der Waals surface area contributed by atoms with E-state index in [0.29, 0.717) is 12.1 Å². The Hall–Kier alpha value is -1.62. The molecule has 2 aromatic heterocycles. The molecule has 2 aromatic rings. The third kappa shape index (κ3) is 1.50. The first kappa shape index (κ1) is 10.5. The van der Waals surface area contributed by atoms with Gasteiger partial charge in [0.05, 0.1) is 18.2 Å². The number of ether oxygens (including phenoxy) is 1. The lowest BCUT2D eigenvalue weighted by atomic mass is 9.89. The summed E-state index contributed by atoms with van der Waals surface area (Å²) in [4.78, 5) is 19.0. The number of nitrogens with zero attached hydrogens (tertiary/aromatic N) is 2. The molecule has 0 spiro atoms. The van der Waals surface area contributed by atoms with Crippen LogP contribution in [-0.4, -0.2) is 27.6 Å². The van der Waals surface area contributed by atoms with Gasteiger partial charge in [0.25, 0.3) is 5.56 Å². The fraction of sp³-hybridized carbons (Fsp3) is 0.500. The number of fused-ring (bicyclic) bond motifs is 1. The molecule has 1 aliphatic heterocycles. The van der Waals surface area contributed by atoms with Crippen molar-refractivity contribution in [1.29, 1.82) is 0 Å². The Morgan fingerprint density at radius 2 is 2.41 bits per heavy atom. The van der Waals surface area contributed by atoms with Crippen LogP contribution in [0.25, 0.3) is 5.52 Å². The molecule has 0 radical (unpaired) electrons. The van der Waals surface area contributed by atoms with E-state index in [-0.39, 0.29) is 11.0 Å². The minimum atomic E-state index is -0.0914. The fourth-order valence-electron chi connectivity index (χ4n) is 2.42. The normalized spacial score (nSPS) is 24.6. The molecular formula is C12H15N3O2. The van der Waals surface area contributed by atoms with Crippen LogP contribution >= 0.6 is 0 Å². The van der Waals surface area contributed by atoms with E-state index in [9.17, 15) is 4.79 Å². The summed E-state index contributed by atoms with van der Waals surface area (Å²) in [5.41, 5.74) is 1.25. The molecule has 1 aliphatic rings. The molecule has 1 N–H and O–H groups in total. The summed E-state index contributed by atoms with van der Waals surface area (Å²) in [5.74, 6) is 0.916. The number of aromatic amines is 1. The average molecular weight is 233 g/mol. The first-order valence-electron chi connectivity index (χ1n) is 5.75. The molecule has 90 valence electrons. The topological polar surface area (TPSA) is 59.4 Å². The van der Waals surface area contributed by atoms with Gasteiger partial charge >= 0.3 is 0 Å². The summed E-state index contributed by atoms with van der Waals surface area (Å²) in [6, 6.07) is 0. The van der Waals surface area contributed by atoms with Crippen molar-refractivity contribution in [3.05, 3.63) is 34.3 Å². The lowest BCUT2D eigenvalue weighted by Gasteiger charge is -2.20. The van der Waals surface area contributed by atoms with Crippen molar-refractivity contribution in [2.75, 3.05) is 13.2 Å². The van der Waals surface area contributed by atoms with Crippen molar-refractivity contribution in [3.63, 3.8) is 0 Å². The number of imidazole rings is 1. The van der Waals surface area contributed by atoms with Gasteiger partial charge in [-0.3, -0.25) is 9.20 Å². The summed E-state index contributed by atoms with van der Waals surface area (Å²) < 4.78 is 7.35. The first-order chi connectivity index (χ1) is 8.10. The van der Waals surface area contributed by atoms with Gasteiger partial charge in [-0.05, 0) is 13.3 Å². The van der Waals surface area contributed by atoms with Crippen molar-refractivity contribution in [2.45, 2.75) is 25.7 Å². The zero-order chi connectivity index (χ0) is 12.0. The second-order valence-electron chi connectivity index (χ2n) is 4.97. The van der Waals surface area contributed by atoms with Crippen LogP contribution in [0.15, 0.2) is 17.2 Å². The number of hydrogen-bond acceptors (Lipinski definition) is 3. The van der Waals surface area contributed by atoms with Gasteiger partial charge in [-0.15, -0.1) is 0 Å². The lowest BCUT2D eigenvalue weighted by Crippen LogP contribution is -2.26. The monoisotopic (exact) mass is 233 g/mol. The van der Waals surface area contributed by atoms with E-state index in [1.807, 2.05) is 17.5 Å². The highest BCUT2D eigenvalue weighted by atomic mass is 16.5. The van der Waals surface area contributed by atoms with Crippen LogP contribution < -0.4 is 5.56 Å². The van der Waals surface area contributed by atoms with Crippen LogP contribution in [0.4, 0.5) is 0 Å². The van der Waals surface area contributed by atoms with Gasteiger partial charge in [-0.25, -0.2) is 4.98 Å². The molecule has 5 nitrogen and oxygen atoms in total. The summed E-state index contributed by atoms with van der Waals surface area (Å²) in [5, 5.41) is 0. The molecule has 1 atom stereocenters. The van der Waals surface area contributed by atoms with Crippen molar-refractivity contribution >= 4 is 5.52 Å². The van der Waals surface area contributed by atoms with Gasteiger partial charge in [-0.1, -0.05) is 6.92 Å². The maximum Gasteiger partial charge on any atom is 0.274 e. The Morgan fingerprint density at radius 3 is 3.12 bits per heavy atom. The van der Waals surface area contributed by atoms with E-state index in [1.165, 1.54) is 0 Å². The number of H-pyrrole nitrogens is 1. The number of nitrogens with one attached hydrogen (secondary N) is 1. The summed E-state index contributed by atoms with van der Waals surface area (Å²) in [6.45, 7) is 5.43. The third-order valence-corrected chi connectivity index (χ3v) is 3.42. The molecule has 3 rings (SSSR count). The van der Waals surface area contributed by atoms with Crippen LogP contribution in [0.3, 0.4) is 0 Å². The van der Waals surface area contributed by atoms with Crippen molar-refractivity contribution in [1.82, 2.24) is 14.4 Å². The minimum absolute atomic E-state index is 0.0906. The van der Waals surface area contributed by atoms with Crippen LogP contribution in [0, 0.1) is 6.92 Å². The lowest BCUT2D eigenvalue weighted by molar-refractivity contribution is 0.179. The van der Waals surface area contributed by atoms with E-state index in [0.717, 1.165) is 24.5 Å². The molecule has 1 saturated heterocycles. The number of rotatable bonds is 1. The molecule has 3 heterocycles. The van der Waals surface area contributed by atoms with E-state index in [2.05, 4.69) is 16.9 Å². The molecule has 0 aliphatic carbocycles. The molecule has 17 heavy (non-hydrogen) atoms. The molecule has 0 aromatic carbocycles. The van der Waals surface area contributed by atoms with Gasteiger partial charge in [0.2, 0.25) is 0 Å². The second kappa shape index (κ2) is 3.43. The SMILES string of the molecule is Cc1cn2c(C3(C)CCOC3)ncc2c(=O)[nH]1. The number of aromatic nitrogens is 3. The third-order valence-electron chi connectivity index (χ3n) is 3.42. The molecule has 5 heteroatoms. The summed E-state index contributed by atoms with van der Waals surface area (Å²) in [6.07, 6.45) is 4.50. The van der Waals surface area contributed by atoms with Gasteiger partial charge in [-0.2, -0.15) is 0 Å². The first-order valence-corrected chi connectivity index (χ1v) is 5.75. The largest absolute Gasteiger partial charge is 0.380 e. The van der Waals surface area contributed by atoms with Gasteiger partial charge in [0.15, 0.2) is 0 Å². The molecular weight excluding hydrogens is 218 g/mol. The highest BCUT2D eigenvalue weighted by Gasteiger charge is 2.35. The molecule has 1 unspecified atom stereocenters. The highest BCUT2D eigenvalue weighted by molar-refractivity contribution is 5.45. The van der Waals surface area contributed by atoms with Crippen molar-refractivity contribution in [2.24, 2.45) is 0 Å². The van der Waals surface area contributed by atoms with Crippen molar-refractivity contribution < 1.29 is 4.74 Å². The standard InChI is InChI=1S/C12H15N3O2/c1-8-6-15-9(10(16)14-8)5-13-11(15)12(2)3-4-17-7-12/h5-6H,3-4,7H2,1-2H3,(H,14,16). The number of aryl methyl sites for hydroxylation is 1. The second-order valence-corrected chi connectivity index (χ2v) is 4.97. The zero-order valence-electron chi connectivity index (χ0n) is 9.99. The van der Waals surface area contributed by atoms with Crippen LogP contribution in [0.5, 0.6) is 0 Å². The minimum Gasteiger partial charge on any atom is -0.380 e. The van der Waals surface area contributed by atoms with Crippen LogP contribution in [-0.2, 0) is 10.2 Å². The molecule has 1 fully saturated rings. The average Bonchev–Trinajstić information content (AvgIpc) is 2.84. The van der Waals surface area contributed by atoms with Crippen LogP contribution in [0.1, 0.15) is 24.9 Å². The smallest absolute Gasteiger partial charge is 0.274 e. The molecule has 0 bridgehead atoms. The number of hydrogen-bond donors (Lipinski definition) is 1. The Labute approximate surface area is 98.4 Å². The predicted octanol–water partition coefficient (Wildman–Crippen LogP) is 1.01. The molecule has 0 amide bonds. The maximum atomic E-state index is 11.8. The summed E-state index contributed by atoms with van der Waals surface area (Å²) >= 11 is 0. The Balaban J connectivity index is 2.28. The van der Waals surface area contributed by atoms with Gasteiger partial charge in [0, 0.05) is 18.5 Å². The Bertz CT molecular complexity index is 620. The highest BCUT2D eigenvalue weighted by Crippen LogP contribution is 2.31. The van der Waals surface area contributed by atoms with E-state index in [1.54, 1.807) is 6.20 Å². The van der Waals surface area contributed by atoms with E-state index < -0.39 is 0 Å². The predicted molar refractivity (Wildman–Crippen MR) is 63.3 cm³/mol. The Kier molecular flexibility index (Phi) is 2.13. The quantitative estimate of drug-likeness (QED) is 0.799. The van der Waals surface area contributed by atoms with Crippen LogP contribution in [0.2, 0.25) is 0 Å². The zero-order valence-corrected chi connectivity index (χ0v) is 9.99. The van der Waals surface area contributed by atoms with E-state index >= 15 is 0 Å². The van der Waals surface area contributed by atoms with E-state index in [4.69, 9.17) is 4.74 Å². The maximum absolute atomic E-state index is 11.8. The summed E-state index contributed by atoms with van der Waals surface area (Å²) in [7, 11) is 0. The van der Waals surface area contributed by atoms with Crippen molar-refractivity contribution in [3.8, 4) is 0 Å². The van der Waals surface area contributed by atoms with Gasteiger partial charge in [0.1, 0.15) is 11.3 Å². The molecule has 0 saturated carbocycles. The van der Waals surface area contributed by atoms with Gasteiger partial charge < -0.3 is 9.72 Å².